The summed E-state index contributed by atoms with van der Waals surface area (Å²) in [6, 6.07) is 17.4. The molecule has 0 aromatic heterocycles. The predicted octanol–water partition coefficient (Wildman–Crippen LogP) is 12.3. The lowest BCUT2D eigenvalue weighted by atomic mass is 10.0. The first-order valence-electron chi connectivity index (χ1n) is 28.6. The highest BCUT2D eigenvalue weighted by atomic mass is 16.7. The highest BCUT2D eigenvalue weighted by Gasteiger charge is 2.49. The number of anilines is 1. The number of benzene rings is 2. The largest absolute Gasteiger partial charge is 0.364 e. The lowest BCUT2D eigenvalue weighted by molar-refractivity contribution is -0.199. The maximum Gasteiger partial charge on any atom is 0.335 e. The Morgan fingerprint density at radius 2 is 1.26 bits per heavy atom. The van der Waals surface area contributed by atoms with Crippen molar-refractivity contribution >= 4 is 41.1 Å². The first-order chi connectivity index (χ1) is 37.9. The molecule has 3 atom stereocenters. The molecule has 3 unspecified atom stereocenters. The van der Waals surface area contributed by atoms with Gasteiger partial charge in [0, 0.05) is 85.8 Å². The van der Waals surface area contributed by atoms with Crippen LogP contribution in [0.2, 0.25) is 0 Å². The molecule has 6 aliphatic rings. The van der Waals surface area contributed by atoms with Gasteiger partial charge in [-0.05, 0) is 121 Å². The third-order valence-electron chi connectivity index (χ3n) is 13.3. The minimum Gasteiger partial charge on any atom is -0.364 e. The minimum atomic E-state index is -0.566. The summed E-state index contributed by atoms with van der Waals surface area (Å²) in [6.07, 6.45) is 18.3. The predicted molar refractivity (Wildman–Crippen MR) is 316 cm³/mol. The van der Waals surface area contributed by atoms with Crippen LogP contribution < -0.4 is 9.81 Å². The van der Waals surface area contributed by atoms with Crippen LogP contribution in [0.4, 0.5) is 5.69 Å². The van der Waals surface area contributed by atoms with Crippen molar-refractivity contribution in [1.29, 1.82) is 5.53 Å². The Labute approximate surface area is 479 Å². The summed E-state index contributed by atoms with van der Waals surface area (Å²) < 4.78 is 5.52. The number of terminal acetylenes is 1. The van der Waals surface area contributed by atoms with Gasteiger partial charge in [0.05, 0.1) is 11.6 Å². The molecule has 8 rings (SSSR count). The van der Waals surface area contributed by atoms with Crippen molar-refractivity contribution in [2.75, 3.05) is 11.5 Å². The van der Waals surface area contributed by atoms with E-state index in [2.05, 4.69) is 137 Å². The molecule has 3 aliphatic heterocycles. The molecule has 0 spiro atoms. The molecular formula is C66H91N6O8+. The highest BCUT2D eigenvalue weighted by Crippen LogP contribution is 2.56. The van der Waals surface area contributed by atoms with Gasteiger partial charge >= 0.3 is 5.97 Å². The van der Waals surface area contributed by atoms with Gasteiger partial charge in [0.15, 0.2) is 5.78 Å². The van der Waals surface area contributed by atoms with E-state index < -0.39 is 17.8 Å². The fraction of sp³-hybridized carbons (Fsp3) is 0.576. The Bertz CT molecular complexity index is 2620. The molecule has 14 nitrogen and oxygen atoms in total. The van der Waals surface area contributed by atoms with Gasteiger partial charge < -0.3 is 14.5 Å². The summed E-state index contributed by atoms with van der Waals surface area (Å²) in [4.78, 5) is 77.1. The van der Waals surface area contributed by atoms with Crippen LogP contribution >= 0.6 is 0 Å². The normalized spacial score (nSPS) is 19.0. The number of imide groups is 2. The Hall–Kier alpha value is -7.09. The number of para-hydroxylation sites is 1. The topological polar surface area (TPSA) is 181 Å². The number of hydrogen-bond donors (Lipinski definition) is 1. The van der Waals surface area contributed by atoms with E-state index in [1.807, 2.05) is 55.4 Å². The molecule has 2 aromatic rings. The second kappa shape index (κ2) is 37.0. The molecule has 3 aliphatic carbocycles. The number of hydroxylamine groups is 2. The van der Waals surface area contributed by atoms with Crippen LogP contribution in [0.1, 0.15) is 184 Å². The molecule has 3 heterocycles. The smallest absolute Gasteiger partial charge is 0.335 e. The lowest BCUT2D eigenvalue weighted by Gasteiger charge is -2.31. The summed E-state index contributed by atoms with van der Waals surface area (Å²) in [5.74, 6) is 24.3. The molecule has 0 radical (unpaired) electrons. The SMILES string of the molecule is C#CC(C)C.CC(C)C(=O)COC1C#CCCCCC1.CC(C)C(=O)ON1C(=O)CCC1=O.CC(C)C1C2CCC#CCCC21.CC(C)N1C(=O)C=CC1=O.CC(C)N1Cc2ccccc2C#Cc2ccccc21.CC(C)N=[N+]=N. The highest BCUT2D eigenvalue weighted by molar-refractivity contribution is 6.13. The summed E-state index contributed by atoms with van der Waals surface area (Å²) >= 11 is 0. The van der Waals surface area contributed by atoms with Gasteiger partial charge in [-0.2, -0.15) is 0 Å². The van der Waals surface area contributed by atoms with Gasteiger partial charge in [-0.25, -0.2) is 4.79 Å². The van der Waals surface area contributed by atoms with Crippen LogP contribution in [0.15, 0.2) is 65.8 Å². The van der Waals surface area contributed by atoms with Gasteiger partial charge in [-0.1, -0.05) is 110 Å². The van der Waals surface area contributed by atoms with Crippen LogP contribution in [0.5, 0.6) is 0 Å². The number of ether oxygens (including phenoxy) is 1. The number of nitrogens with one attached hydrogen (secondary N) is 1. The standard InChI is InChI=1S/C18H17N.C13H20O2.C12H18.C8H11NO4.C7H9NO2.C5H8.C3H8N3/c1-14(2)19-13-17-9-4-3-7-15(17)11-12-16-8-5-6-10-18(16)19;1-11(2)13(14)10-15-12-8-6-4-3-5-7-9-12;1-9(2)12-10-7-5-3-4-6-8-11(10)12;1-5(2)8(12)13-9-6(10)3-4-7(9)11;1-5(2)8-6(9)3-4-7(8)10;1-4-5(2)3;1-3(2)5-6-4/h3-10,14H,13H2,1-2H3;11-12H,3-6,8,10H2,1-2H3;9-12H,5-8H2,1-2H3;5H,3-4H2,1-2H3;3-5H,1-2H3;1,5H,2-3H3;3-4H,1-2H3/q;;;;;;+1. The molecule has 1 N–H and O–H groups in total. The third kappa shape index (κ3) is 25.4. The maximum atomic E-state index is 11.4. The quantitative estimate of drug-likeness (QED) is 0.105. The number of nitrogens with zero attached hydrogens (tertiary/aromatic N) is 5. The zero-order valence-corrected chi connectivity index (χ0v) is 50.4. The van der Waals surface area contributed by atoms with Gasteiger partial charge in [-0.3, -0.25) is 28.9 Å². The van der Waals surface area contributed by atoms with Crippen molar-refractivity contribution < 1.29 is 38.3 Å². The van der Waals surface area contributed by atoms with E-state index >= 15 is 0 Å². The number of carbonyl (C=O) groups is 6. The fourth-order valence-corrected chi connectivity index (χ4v) is 8.75. The first-order valence-corrected chi connectivity index (χ1v) is 28.6. The Morgan fingerprint density at radius 3 is 1.74 bits per heavy atom. The number of ketones is 1. The number of hydrogen-bond acceptors (Lipinski definition) is 11. The second-order valence-electron chi connectivity index (χ2n) is 22.3. The monoisotopic (exact) mass is 1100 g/mol. The van der Waals surface area contributed by atoms with Crippen molar-refractivity contribution in [1.82, 2.24) is 14.9 Å². The van der Waals surface area contributed by atoms with E-state index in [4.69, 9.17) is 16.7 Å². The Morgan fingerprint density at radius 1 is 0.713 bits per heavy atom. The zero-order chi connectivity index (χ0) is 59.9. The van der Waals surface area contributed by atoms with E-state index in [0.717, 1.165) is 73.4 Å². The van der Waals surface area contributed by atoms with Crippen molar-refractivity contribution in [3.63, 3.8) is 0 Å². The Kier molecular flexibility index (Phi) is 31.9. The molecule has 0 bridgehead atoms. The van der Waals surface area contributed by atoms with Crippen LogP contribution in [0.25, 0.3) is 0 Å². The number of carbonyl (C=O) groups excluding carboxylic acids is 6. The molecule has 432 valence electrons. The zero-order valence-electron chi connectivity index (χ0n) is 50.4. The van der Waals surface area contributed by atoms with E-state index in [-0.39, 0.29) is 67.1 Å². The number of amides is 4. The first kappa shape index (κ1) is 69.0. The van der Waals surface area contributed by atoms with Crippen molar-refractivity contribution in [2.45, 2.75) is 198 Å². The third-order valence-corrected chi connectivity index (χ3v) is 13.3. The average Bonchev–Trinajstić information content (AvgIpc) is 3.81. The molecule has 80 heavy (non-hydrogen) atoms. The van der Waals surface area contributed by atoms with E-state index in [1.165, 1.54) is 54.0 Å². The number of fused-ring (bicyclic) bond motifs is 3. The minimum absolute atomic E-state index is 0.0204. The molecular weight excluding hydrogens is 1000 g/mol. The molecule has 2 aromatic carbocycles. The molecule has 1 saturated heterocycles. The number of rotatable bonds is 10. The van der Waals surface area contributed by atoms with Gasteiger partial charge in [0.2, 0.25) is 4.91 Å². The van der Waals surface area contributed by atoms with Crippen LogP contribution in [0, 0.1) is 94.8 Å². The van der Waals surface area contributed by atoms with Crippen molar-refractivity contribution in [3.8, 4) is 47.9 Å². The lowest BCUT2D eigenvalue weighted by Crippen LogP contribution is -2.36. The fourth-order valence-electron chi connectivity index (χ4n) is 8.75. The van der Waals surface area contributed by atoms with Crippen LogP contribution in [-0.4, -0.2) is 76.2 Å². The summed E-state index contributed by atoms with van der Waals surface area (Å²) in [5.41, 5.74) is 11.0. The average molecular weight is 1100 g/mol. The summed E-state index contributed by atoms with van der Waals surface area (Å²) in [7, 11) is 0. The van der Waals surface area contributed by atoms with Gasteiger partial charge in [0.1, 0.15) is 29.4 Å². The van der Waals surface area contributed by atoms with Crippen LogP contribution in [-0.2, 0) is 44.9 Å². The van der Waals surface area contributed by atoms with Crippen molar-refractivity contribution in [2.24, 2.45) is 46.5 Å². The van der Waals surface area contributed by atoms with E-state index in [1.54, 1.807) is 13.8 Å². The molecule has 2 fully saturated rings. The molecule has 1 saturated carbocycles. The number of Topliss-reactive ketones (excluding diaryl/α,β-unsaturated/α-hetero) is 1. The summed E-state index contributed by atoms with van der Waals surface area (Å²) in [5, 5.41) is 3.97. The van der Waals surface area contributed by atoms with Gasteiger partial charge in [-0.15, -0.1) is 35.2 Å². The maximum absolute atomic E-state index is 11.4. The van der Waals surface area contributed by atoms with Crippen molar-refractivity contribution in [3.05, 3.63) is 77.4 Å². The van der Waals surface area contributed by atoms with E-state index in [9.17, 15) is 28.8 Å². The summed E-state index contributed by atoms with van der Waals surface area (Å²) in [6.45, 7) is 28.7. The second-order valence-corrected chi connectivity index (χ2v) is 22.3. The van der Waals surface area contributed by atoms with Crippen LogP contribution in [0.3, 0.4) is 0 Å². The molecule has 14 heteroatoms. The molecule has 4 amide bonds. The Balaban J connectivity index is 0.000000330. The van der Waals surface area contributed by atoms with Gasteiger partial charge in [0.25, 0.3) is 23.6 Å². The van der Waals surface area contributed by atoms with E-state index in [0.29, 0.717) is 17.0 Å².